The lowest BCUT2D eigenvalue weighted by atomic mass is 9.85. The van der Waals surface area contributed by atoms with Crippen molar-refractivity contribution in [3.8, 4) is 0 Å². The lowest BCUT2D eigenvalue weighted by molar-refractivity contribution is -0.384. The Bertz CT molecular complexity index is 2320. The molecule has 1 aliphatic heterocycles. The van der Waals surface area contributed by atoms with E-state index >= 15 is 0 Å². The summed E-state index contributed by atoms with van der Waals surface area (Å²) >= 11 is 0. The third-order valence-electron chi connectivity index (χ3n) is 13.6. The molecule has 0 aromatic heterocycles. The molecule has 0 spiro atoms. The molecule has 1 heterocycles. The van der Waals surface area contributed by atoms with E-state index in [1.165, 1.54) is 11.0 Å². The van der Waals surface area contributed by atoms with E-state index in [0.29, 0.717) is 6.42 Å². The van der Waals surface area contributed by atoms with Gasteiger partial charge in [-0.1, -0.05) is 72.7 Å². The third kappa shape index (κ3) is 15.5. The summed E-state index contributed by atoms with van der Waals surface area (Å²) in [6, 6.07) is 4.03. The van der Waals surface area contributed by atoms with Crippen LogP contribution in [-0.4, -0.2) is 133 Å². The van der Waals surface area contributed by atoms with Gasteiger partial charge in [-0.05, 0) is 101 Å². The molecular formula is C51H77N11O10. The molecule has 0 bridgehead atoms. The monoisotopic (exact) mass is 1000 g/mol. The maximum absolute atomic E-state index is 14.6. The van der Waals surface area contributed by atoms with Crippen molar-refractivity contribution < 1.29 is 43.3 Å². The molecule has 21 heteroatoms. The van der Waals surface area contributed by atoms with E-state index in [9.17, 15) is 48.5 Å². The Balaban J connectivity index is 1.58. The molecule has 9 N–H and O–H groups in total. The van der Waals surface area contributed by atoms with Gasteiger partial charge in [0.1, 0.15) is 24.2 Å². The van der Waals surface area contributed by atoms with Gasteiger partial charge in [0.2, 0.25) is 35.4 Å². The van der Waals surface area contributed by atoms with Crippen LogP contribution in [-0.2, 0) is 35.2 Å². The number of nitrogens with zero attached hydrogens (tertiary/aromatic N) is 2. The molecule has 0 unspecified atom stereocenters. The van der Waals surface area contributed by atoms with Gasteiger partial charge < -0.3 is 52.8 Å². The molecule has 1 aliphatic carbocycles. The molecule has 9 atom stereocenters. The van der Waals surface area contributed by atoms with Crippen molar-refractivity contribution in [2.45, 2.75) is 156 Å². The molecule has 0 saturated carbocycles. The molecular weight excluding hydrogens is 927 g/mol. The van der Waals surface area contributed by atoms with Crippen LogP contribution in [0.5, 0.6) is 0 Å². The maximum Gasteiger partial charge on any atom is 0.271 e. The Morgan fingerprint density at radius 1 is 0.750 bits per heavy atom. The van der Waals surface area contributed by atoms with Crippen LogP contribution in [0.2, 0.25) is 0 Å². The van der Waals surface area contributed by atoms with E-state index < -0.39 is 106 Å². The lowest BCUT2D eigenvalue weighted by Crippen LogP contribution is -2.59. The van der Waals surface area contributed by atoms with E-state index in [0.717, 1.165) is 36.1 Å². The SMILES string of the molecule is CN[C@@H](C)C(=O)N[C@H](C(=O)N[C@@H](CCNC(=O)c1cc(C(=O)N[C@H]2C[C@@H](C(=O)N[C@@H]3CCCc4ccccc43)N(C(=O)[C@@H](NC(=O)[C@H](C)NC)C(C)(C)C)C2)cc([N+](=O)[O-])c1)C(=O)N[C@H](C)C(C)C)C(C)C. The van der Waals surface area contributed by atoms with Crippen LogP contribution in [0.25, 0.3) is 0 Å². The fourth-order valence-electron chi connectivity index (χ4n) is 8.46. The summed E-state index contributed by atoms with van der Waals surface area (Å²) in [7, 11) is 3.22. The Morgan fingerprint density at radius 2 is 1.36 bits per heavy atom. The molecule has 21 nitrogen and oxygen atoms in total. The number of rotatable bonds is 22. The van der Waals surface area contributed by atoms with Crippen LogP contribution in [0, 0.1) is 27.4 Å². The van der Waals surface area contributed by atoms with Crippen molar-refractivity contribution in [3.63, 3.8) is 0 Å². The number of hydrogen-bond acceptors (Lipinski definition) is 12. The summed E-state index contributed by atoms with van der Waals surface area (Å²) in [5.74, 6) is -4.91. The molecule has 1 fully saturated rings. The van der Waals surface area contributed by atoms with Gasteiger partial charge in [0, 0.05) is 48.4 Å². The van der Waals surface area contributed by atoms with Gasteiger partial charge in [-0.3, -0.25) is 48.5 Å². The number of aryl methyl sites for hydroxylation is 1. The first-order valence-corrected chi connectivity index (χ1v) is 24.9. The number of amides is 8. The van der Waals surface area contributed by atoms with E-state index in [4.69, 9.17) is 0 Å². The summed E-state index contributed by atoms with van der Waals surface area (Å²) < 4.78 is 0. The average molecular weight is 1000 g/mol. The number of non-ortho nitro benzene ring substituents is 1. The molecule has 396 valence electrons. The summed E-state index contributed by atoms with van der Waals surface area (Å²) in [6.07, 6.45) is 2.23. The largest absolute Gasteiger partial charge is 0.352 e. The van der Waals surface area contributed by atoms with Gasteiger partial charge in [-0.2, -0.15) is 0 Å². The molecule has 0 radical (unpaired) electrons. The molecule has 2 aliphatic rings. The fraction of sp³-hybridized carbons (Fsp3) is 0.608. The quantitative estimate of drug-likeness (QED) is 0.0606. The average Bonchev–Trinajstić information content (AvgIpc) is 3.76. The van der Waals surface area contributed by atoms with Crippen molar-refractivity contribution in [1.29, 1.82) is 0 Å². The minimum Gasteiger partial charge on any atom is -0.352 e. The number of nitro groups is 1. The molecule has 4 rings (SSSR count). The summed E-state index contributed by atoms with van der Waals surface area (Å²) in [5, 5.41) is 37.7. The first kappa shape index (κ1) is 58.1. The summed E-state index contributed by atoms with van der Waals surface area (Å²) in [4.78, 5) is 123. The van der Waals surface area contributed by atoms with Crippen LogP contribution in [0.1, 0.15) is 133 Å². The Kier molecular flexibility index (Phi) is 20.8. The second kappa shape index (κ2) is 25.8. The van der Waals surface area contributed by atoms with Crippen molar-refractivity contribution in [1.82, 2.24) is 52.8 Å². The topological polar surface area (TPSA) is 291 Å². The van der Waals surface area contributed by atoms with E-state index in [1.54, 1.807) is 69.5 Å². The molecule has 2 aromatic rings. The number of carbonyl (C=O) groups is 8. The number of fused-ring (bicyclic) bond motifs is 1. The zero-order valence-electron chi connectivity index (χ0n) is 43.8. The van der Waals surface area contributed by atoms with Crippen molar-refractivity contribution in [2.24, 2.45) is 17.3 Å². The maximum atomic E-state index is 14.6. The number of benzene rings is 2. The van der Waals surface area contributed by atoms with Gasteiger partial charge in [0.25, 0.3) is 17.5 Å². The van der Waals surface area contributed by atoms with Gasteiger partial charge in [-0.25, -0.2) is 0 Å². The van der Waals surface area contributed by atoms with E-state index in [2.05, 4.69) is 47.9 Å². The van der Waals surface area contributed by atoms with E-state index in [1.807, 2.05) is 38.1 Å². The van der Waals surface area contributed by atoms with Crippen LogP contribution < -0.4 is 47.9 Å². The number of nitrogens with one attached hydrogen (secondary N) is 9. The molecule has 8 amide bonds. The highest BCUT2D eigenvalue weighted by Gasteiger charge is 2.46. The standard InChI is InChI=1S/C51H77N11O10/c1-27(2)29(5)55-47(67)39(58-49(69)41(28(3)4)59-43(63)30(6)52-11)20-21-54-45(65)33-22-34(24-36(23-33)62(71)72)46(66)56-35-25-40(48(68)57-38-19-15-17-32-16-13-14-18-37(32)38)61(26-35)50(70)42(51(8,9)10)60-44(64)31(7)53-12/h13-14,16,18,22-24,27-31,35,38-42,52-53H,15,17,19-21,25-26H2,1-12H3,(H,54,65)(H,55,67)(H,56,66)(H,57,68)(H,58,69)(H,59,63)(H,60,64)/t29-,30+,31+,35+,38-,39+,40+,41+,42-/m1/s1. The fourth-order valence-corrected chi connectivity index (χ4v) is 8.46. The Hall–Kier alpha value is -6.48. The zero-order valence-corrected chi connectivity index (χ0v) is 43.8. The lowest BCUT2D eigenvalue weighted by Gasteiger charge is -2.36. The minimum atomic E-state index is -1.17. The van der Waals surface area contributed by atoms with Crippen molar-refractivity contribution >= 4 is 52.9 Å². The third-order valence-corrected chi connectivity index (χ3v) is 13.6. The normalized spacial score (nSPS) is 19.1. The smallest absolute Gasteiger partial charge is 0.271 e. The number of likely N-dealkylation sites (tertiary alicyclic amines) is 1. The second-order valence-electron chi connectivity index (χ2n) is 20.8. The van der Waals surface area contributed by atoms with Crippen molar-refractivity contribution in [3.05, 3.63) is 74.8 Å². The van der Waals surface area contributed by atoms with Crippen molar-refractivity contribution in [2.75, 3.05) is 27.2 Å². The van der Waals surface area contributed by atoms with Crippen LogP contribution >= 0.6 is 0 Å². The molecule has 1 saturated heterocycles. The van der Waals surface area contributed by atoms with Gasteiger partial charge in [0.05, 0.1) is 23.0 Å². The first-order valence-electron chi connectivity index (χ1n) is 24.9. The predicted molar refractivity (Wildman–Crippen MR) is 271 cm³/mol. The summed E-state index contributed by atoms with van der Waals surface area (Å²) in [5.41, 5.74) is 0.225. The van der Waals surface area contributed by atoms with Gasteiger partial charge in [-0.15, -0.1) is 0 Å². The predicted octanol–water partition coefficient (Wildman–Crippen LogP) is 2.14. The Labute approximate surface area is 422 Å². The van der Waals surface area contributed by atoms with Crippen LogP contribution in [0.4, 0.5) is 5.69 Å². The number of carbonyl (C=O) groups excluding carboxylic acids is 8. The van der Waals surface area contributed by atoms with Crippen LogP contribution in [0.15, 0.2) is 42.5 Å². The molecule has 72 heavy (non-hydrogen) atoms. The van der Waals surface area contributed by atoms with E-state index in [-0.39, 0.29) is 61.0 Å². The highest BCUT2D eigenvalue weighted by atomic mass is 16.6. The highest BCUT2D eigenvalue weighted by molar-refractivity contribution is 6.01. The molecule has 2 aromatic carbocycles. The highest BCUT2D eigenvalue weighted by Crippen LogP contribution is 2.32. The van der Waals surface area contributed by atoms with Gasteiger partial charge >= 0.3 is 0 Å². The van der Waals surface area contributed by atoms with Gasteiger partial charge in [0.15, 0.2) is 0 Å². The minimum absolute atomic E-state index is 0.0295. The summed E-state index contributed by atoms with van der Waals surface area (Å²) in [6.45, 7) is 17.4. The van der Waals surface area contributed by atoms with Crippen LogP contribution in [0.3, 0.4) is 0 Å². The number of hydrogen-bond donors (Lipinski definition) is 9. The first-order chi connectivity index (χ1) is 33.8. The second-order valence-corrected chi connectivity index (χ2v) is 20.8. The number of likely N-dealkylation sites (N-methyl/N-ethyl adjacent to an activating group) is 2. The number of nitro benzene ring substituents is 1. The zero-order chi connectivity index (χ0) is 53.8. The Morgan fingerprint density at radius 3 is 1.94 bits per heavy atom.